The van der Waals surface area contributed by atoms with Crippen LogP contribution < -0.4 is 5.32 Å². The first-order valence-electron chi connectivity index (χ1n) is 4.77. The lowest BCUT2D eigenvalue weighted by atomic mass is 10.3. The number of hydrogen-bond acceptors (Lipinski definition) is 2. The summed E-state index contributed by atoms with van der Waals surface area (Å²) in [5.74, 6) is -0.127. The van der Waals surface area contributed by atoms with Gasteiger partial charge in [-0.25, -0.2) is 4.98 Å². The highest BCUT2D eigenvalue weighted by atomic mass is 35.5. The number of carbonyl (C=O) groups is 1. The van der Waals surface area contributed by atoms with Gasteiger partial charge in [0.2, 0.25) is 5.91 Å². The molecular formula is C11H10ClN3O. The smallest absolute Gasteiger partial charge is 0.230 e. The van der Waals surface area contributed by atoms with Crippen molar-refractivity contribution in [2.24, 2.45) is 0 Å². The Labute approximate surface area is 97.7 Å². The molecule has 2 rings (SSSR count). The highest BCUT2D eigenvalue weighted by Gasteiger charge is 2.06. The maximum absolute atomic E-state index is 11.6. The number of imidazole rings is 1. The van der Waals surface area contributed by atoms with Crippen LogP contribution in [0.2, 0.25) is 5.02 Å². The van der Waals surface area contributed by atoms with Gasteiger partial charge in [-0.2, -0.15) is 0 Å². The number of halogens is 1. The molecule has 0 aliphatic carbocycles. The van der Waals surface area contributed by atoms with E-state index >= 15 is 0 Å². The zero-order valence-corrected chi connectivity index (χ0v) is 9.16. The van der Waals surface area contributed by atoms with Crippen LogP contribution in [0.15, 0.2) is 36.8 Å². The fraction of sp³-hybridized carbons (Fsp3) is 0.0909. The van der Waals surface area contributed by atoms with Crippen LogP contribution in [0.3, 0.4) is 0 Å². The third-order valence-corrected chi connectivity index (χ3v) is 2.38. The fourth-order valence-corrected chi connectivity index (χ4v) is 1.49. The number of hydrogen-bond donors (Lipinski definition) is 2. The average Bonchev–Trinajstić information content (AvgIpc) is 2.74. The molecule has 5 heteroatoms. The Hall–Kier alpha value is -1.81. The summed E-state index contributed by atoms with van der Waals surface area (Å²) in [4.78, 5) is 18.3. The molecule has 2 N–H and O–H groups in total. The van der Waals surface area contributed by atoms with Crippen molar-refractivity contribution in [1.82, 2.24) is 9.97 Å². The molecule has 0 atom stereocenters. The minimum Gasteiger partial charge on any atom is -0.348 e. The summed E-state index contributed by atoms with van der Waals surface area (Å²) in [6.45, 7) is 0. The summed E-state index contributed by atoms with van der Waals surface area (Å²) in [6.07, 6.45) is 3.41. The maximum Gasteiger partial charge on any atom is 0.230 e. The summed E-state index contributed by atoms with van der Waals surface area (Å²) >= 11 is 5.92. The molecule has 82 valence electrons. The quantitative estimate of drug-likeness (QED) is 0.857. The van der Waals surface area contributed by atoms with Gasteiger partial charge < -0.3 is 10.3 Å². The molecule has 2 aromatic rings. The van der Waals surface area contributed by atoms with E-state index in [1.165, 1.54) is 6.33 Å². The van der Waals surface area contributed by atoms with Gasteiger partial charge in [0.25, 0.3) is 0 Å². The molecule has 0 aliphatic rings. The van der Waals surface area contributed by atoms with Gasteiger partial charge in [0.15, 0.2) is 0 Å². The number of aromatic amines is 1. The maximum atomic E-state index is 11.6. The van der Waals surface area contributed by atoms with Crippen molar-refractivity contribution in [3.8, 4) is 0 Å². The van der Waals surface area contributed by atoms with Gasteiger partial charge in [0.05, 0.1) is 23.5 Å². The second kappa shape index (κ2) is 4.81. The Morgan fingerprint density at radius 2 is 2.25 bits per heavy atom. The molecular weight excluding hydrogens is 226 g/mol. The van der Waals surface area contributed by atoms with Crippen molar-refractivity contribution in [3.05, 3.63) is 47.5 Å². The van der Waals surface area contributed by atoms with Gasteiger partial charge in [-0.3, -0.25) is 4.79 Å². The van der Waals surface area contributed by atoms with Gasteiger partial charge in [0, 0.05) is 11.9 Å². The number of aromatic nitrogens is 2. The van der Waals surface area contributed by atoms with Crippen LogP contribution in [0.1, 0.15) is 5.69 Å². The average molecular weight is 236 g/mol. The van der Waals surface area contributed by atoms with Crippen molar-refractivity contribution < 1.29 is 4.79 Å². The van der Waals surface area contributed by atoms with Crippen LogP contribution in [0.4, 0.5) is 5.69 Å². The highest BCUT2D eigenvalue weighted by Crippen LogP contribution is 2.20. The summed E-state index contributed by atoms with van der Waals surface area (Å²) in [5.41, 5.74) is 1.39. The Kier molecular flexibility index (Phi) is 3.22. The molecule has 1 aromatic heterocycles. The number of benzene rings is 1. The predicted molar refractivity (Wildman–Crippen MR) is 62.4 cm³/mol. The van der Waals surface area contributed by atoms with Gasteiger partial charge in [-0.05, 0) is 12.1 Å². The number of carbonyl (C=O) groups excluding carboxylic acids is 1. The molecule has 0 saturated heterocycles. The first kappa shape index (κ1) is 10.7. The SMILES string of the molecule is O=C(Cc1cnc[nH]1)Nc1ccccc1Cl. The molecule has 0 saturated carbocycles. The Bertz CT molecular complexity index is 482. The molecule has 0 radical (unpaired) electrons. The van der Waals surface area contributed by atoms with Gasteiger partial charge >= 0.3 is 0 Å². The van der Waals surface area contributed by atoms with E-state index in [4.69, 9.17) is 11.6 Å². The first-order chi connectivity index (χ1) is 7.75. The summed E-state index contributed by atoms with van der Waals surface area (Å²) < 4.78 is 0. The van der Waals surface area contributed by atoms with E-state index in [2.05, 4.69) is 15.3 Å². The second-order valence-corrected chi connectivity index (χ2v) is 3.69. The lowest BCUT2D eigenvalue weighted by molar-refractivity contribution is -0.115. The molecule has 1 amide bonds. The van der Waals surface area contributed by atoms with Crippen molar-refractivity contribution in [1.29, 1.82) is 0 Å². The fourth-order valence-electron chi connectivity index (χ4n) is 1.31. The number of para-hydroxylation sites is 1. The van der Waals surface area contributed by atoms with Crippen molar-refractivity contribution in [3.63, 3.8) is 0 Å². The van der Waals surface area contributed by atoms with Crippen LogP contribution in [-0.2, 0) is 11.2 Å². The van der Waals surface area contributed by atoms with E-state index in [-0.39, 0.29) is 12.3 Å². The number of anilines is 1. The minimum absolute atomic E-state index is 0.127. The Balaban J connectivity index is 2.00. The highest BCUT2D eigenvalue weighted by molar-refractivity contribution is 6.33. The van der Waals surface area contributed by atoms with Crippen LogP contribution in [0, 0.1) is 0 Å². The molecule has 0 bridgehead atoms. The topological polar surface area (TPSA) is 57.8 Å². The minimum atomic E-state index is -0.127. The largest absolute Gasteiger partial charge is 0.348 e. The summed E-state index contributed by atoms with van der Waals surface area (Å²) in [7, 11) is 0. The lowest BCUT2D eigenvalue weighted by Gasteiger charge is -2.05. The van der Waals surface area contributed by atoms with E-state index in [9.17, 15) is 4.79 Å². The summed E-state index contributed by atoms with van der Waals surface area (Å²) in [5, 5.41) is 3.26. The third kappa shape index (κ3) is 2.61. The monoisotopic (exact) mass is 235 g/mol. The summed E-state index contributed by atoms with van der Waals surface area (Å²) in [6, 6.07) is 7.12. The normalized spacial score (nSPS) is 10.1. The molecule has 1 aromatic carbocycles. The van der Waals surface area contributed by atoms with E-state index < -0.39 is 0 Å². The first-order valence-corrected chi connectivity index (χ1v) is 5.15. The van der Waals surface area contributed by atoms with E-state index in [1.54, 1.807) is 18.3 Å². The zero-order chi connectivity index (χ0) is 11.4. The predicted octanol–water partition coefficient (Wildman–Crippen LogP) is 2.24. The number of nitrogens with zero attached hydrogens (tertiary/aromatic N) is 1. The van der Waals surface area contributed by atoms with Crippen LogP contribution in [0.25, 0.3) is 0 Å². The molecule has 16 heavy (non-hydrogen) atoms. The van der Waals surface area contributed by atoms with E-state index in [1.807, 2.05) is 12.1 Å². The van der Waals surface area contributed by atoms with Crippen LogP contribution >= 0.6 is 11.6 Å². The van der Waals surface area contributed by atoms with Crippen molar-refractivity contribution >= 4 is 23.2 Å². The second-order valence-electron chi connectivity index (χ2n) is 3.28. The zero-order valence-electron chi connectivity index (χ0n) is 8.40. The van der Waals surface area contributed by atoms with Gasteiger partial charge in [-0.1, -0.05) is 23.7 Å². The Morgan fingerprint density at radius 3 is 2.94 bits per heavy atom. The molecule has 1 heterocycles. The van der Waals surface area contributed by atoms with Gasteiger partial charge in [-0.15, -0.1) is 0 Å². The molecule has 0 fully saturated rings. The third-order valence-electron chi connectivity index (χ3n) is 2.05. The van der Waals surface area contributed by atoms with Crippen LogP contribution in [0.5, 0.6) is 0 Å². The van der Waals surface area contributed by atoms with Crippen molar-refractivity contribution in [2.45, 2.75) is 6.42 Å². The van der Waals surface area contributed by atoms with E-state index in [0.717, 1.165) is 5.69 Å². The lowest BCUT2D eigenvalue weighted by Crippen LogP contribution is -2.14. The molecule has 0 spiro atoms. The Morgan fingerprint density at radius 1 is 1.44 bits per heavy atom. The molecule has 0 unspecified atom stereocenters. The number of nitrogens with one attached hydrogen (secondary N) is 2. The number of amides is 1. The number of rotatable bonds is 3. The molecule has 0 aliphatic heterocycles. The standard InChI is InChI=1S/C11H10ClN3O/c12-9-3-1-2-4-10(9)15-11(16)5-8-6-13-7-14-8/h1-4,6-7H,5H2,(H,13,14)(H,15,16). The van der Waals surface area contributed by atoms with Gasteiger partial charge in [0.1, 0.15) is 0 Å². The van der Waals surface area contributed by atoms with E-state index in [0.29, 0.717) is 10.7 Å². The number of H-pyrrole nitrogens is 1. The van der Waals surface area contributed by atoms with Crippen molar-refractivity contribution in [2.75, 3.05) is 5.32 Å². The van der Waals surface area contributed by atoms with Crippen LogP contribution in [-0.4, -0.2) is 15.9 Å². The molecule has 4 nitrogen and oxygen atoms in total.